The van der Waals surface area contributed by atoms with Gasteiger partial charge in [0.1, 0.15) is 5.00 Å². The highest BCUT2D eigenvalue weighted by molar-refractivity contribution is 7.14. The molecule has 1 aromatic heterocycles. The molecule has 4 amide bonds. The molecule has 0 radical (unpaired) electrons. The summed E-state index contributed by atoms with van der Waals surface area (Å²) in [5.41, 5.74) is 9.85. The number of piperidine rings is 2. The third-order valence-electron chi connectivity index (χ3n) is 10.2. The standard InChI is InChI=1S/C33H45ClN6O3S/c1-2-23-17-22(19-28(34)30(23)35)18-25(32(42)39-14-5-26(6-15-39)37-10-3-4-11-37)20-29(41)38-12-7-27(8-13-38)40-21-24-9-16-44-31(24)36-33(40)43/h9,16-17,19,25-27H,2-8,10-15,18,20-21,35H2,1H3,(H,36,43)/t25-/m0/s1. The van der Waals surface area contributed by atoms with Crippen LogP contribution in [0, 0.1) is 5.92 Å². The number of fused-ring (bicyclic) bond motifs is 1. The zero-order valence-corrected chi connectivity index (χ0v) is 27.3. The fourth-order valence-electron chi connectivity index (χ4n) is 7.55. The Morgan fingerprint density at radius 2 is 1.70 bits per heavy atom. The number of rotatable bonds is 8. The molecule has 0 bridgehead atoms. The number of nitrogens with zero attached hydrogens (tertiary/aromatic N) is 4. The molecule has 5 heterocycles. The summed E-state index contributed by atoms with van der Waals surface area (Å²) < 4.78 is 0. The van der Waals surface area contributed by atoms with E-state index in [4.69, 9.17) is 17.3 Å². The minimum Gasteiger partial charge on any atom is -0.397 e. The Morgan fingerprint density at radius 1 is 1.02 bits per heavy atom. The number of nitrogens with one attached hydrogen (secondary N) is 1. The van der Waals surface area contributed by atoms with Gasteiger partial charge in [-0.1, -0.05) is 24.6 Å². The minimum atomic E-state index is -0.460. The number of hydrogen-bond donors (Lipinski definition) is 2. The van der Waals surface area contributed by atoms with Crippen LogP contribution in [0.1, 0.15) is 68.6 Å². The Balaban J connectivity index is 1.11. The van der Waals surface area contributed by atoms with Gasteiger partial charge in [-0.25, -0.2) is 4.79 Å². The maximum Gasteiger partial charge on any atom is 0.323 e. The van der Waals surface area contributed by atoms with Gasteiger partial charge in [0.15, 0.2) is 0 Å². The second kappa shape index (κ2) is 13.7. The number of nitrogens with two attached hydrogens (primary N) is 1. The number of benzene rings is 1. The molecule has 238 valence electrons. The van der Waals surface area contributed by atoms with Crippen molar-refractivity contribution in [3.8, 4) is 0 Å². The number of amides is 4. The van der Waals surface area contributed by atoms with E-state index < -0.39 is 5.92 Å². The van der Waals surface area contributed by atoms with Crippen LogP contribution in [0.2, 0.25) is 5.02 Å². The highest BCUT2D eigenvalue weighted by Crippen LogP contribution is 2.33. The van der Waals surface area contributed by atoms with Gasteiger partial charge in [0, 0.05) is 50.2 Å². The largest absolute Gasteiger partial charge is 0.397 e. The van der Waals surface area contributed by atoms with Gasteiger partial charge >= 0.3 is 6.03 Å². The van der Waals surface area contributed by atoms with E-state index in [0.717, 1.165) is 66.9 Å². The van der Waals surface area contributed by atoms with Gasteiger partial charge in [0.25, 0.3) is 0 Å². The summed E-state index contributed by atoms with van der Waals surface area (Å²) in [6, 6.07) is 6.55. The third kappa shape index (κ3) is 6.72. The van der Waals surface area contributed by atoms with Crippen molar-refractivity contribution >= 4 is 51.5 Å². The first-order valence-corrected chi connectivity index (χ1v) is 17.6. The Hall–Kier alpha value is -2.82. The Bertz CT molecular complexity index is 1360. The second-order valence-electron chi connectivity index (χ2n) is 12.9. The Morgan fingerprint density at radius 3 is 2.41 bits per heavy atom. The van der Waals surface area contributed by atoms with Crippen LogP contribution in [0.3, 0.4) is 0 Å². The molecule has 44 heavy (non-hydrogen) atoms. The molecule has 4 aliphatic heterocycles. The predicted molar refractivity (Wildman–Crippen MR) is 176 cm³/mol. The Labute approximate surface area is 269 Å². The lowest BCUT2D eigenvalue weighted by molar-refractivity contribution is -0.143. The molecule has 0 saturated carbocycles. The van der Waals surface area contributed by atoms with Gasteiger partial charge in [-0.05, 0) is 93.1 Å². The Kier molecular flexibility index (Phi) is 9.68. The number of thiophene rings is 1. The zero-order chi connectivity index (χ0) is 30.8. The molecule has 6 rings (SSSR count). The first-order valence-electron chi connectivity index (χ1n) is 16.3. The van der Waals surface area contributed by atoms with Crippen LogP contribution < -0.4 is 11.1 Å². The maximum absolute atomic E-state index is 14.1. The van der Waals surface area contributed by atoms with E-state index in [1.54, 1.807) is 11.3 Å². The average Bonchev–Trinajstić information content (AvgIpc) is 3.74. The lowest BCUT2D eigenvalue weighted by atomic mass is 9.91. The number of carbonyl (C=O) groups excluding carboxylic acids is 3. The van der Waals surface area contributed by atoms with Crippen molar-refractivity contribution in [3.63, 3.8) is 0 Å². The smallest absolute Gasteiger partial charge is 0.323 e. The normalized spacial score (nSPS) is 21.0. The van der Waals surface area contributed by atoms with Crippen LogP contribution in [0.25, 0.3) is 0 Å². The van der Waals surface area contributed by atoms with E-state index in [2.05, 4.69) is 16.3 Å². The fourth-order valence-corrected chi connectivity index (χ4v) is 8.61. The molecule has 3 saturated heterocycles. The number of urea groups is 1. The molecule has 11 heteroatoms. The molecule has 0 aliphatic carbocycles. The number of anilines is 2. The number of carbonyl (C=O) groups is 3. The monoisotopic (exact) mass is 640 g/mol. The lowest BCUT2D eigenvalue weighted by Gasteiger charge is -2.40. The first kappa shape index (κ1) is 31.2. The molecule has 9 nitrogen and oxygen atoms in total. The molecule has 3 fully saturated rings. The van der Waals surface area contributed by atoms with Crippen molar-refractivity contribution in [1.29, 1.82) is 0 Å². The van der Waals surface area contributed by atoms with Gasteiger partial charge in [-0.15, -0.1) is 11.3 Å². The molecule has 0 spiro atoms. The van der Waals surface area contributed by atoms with E-state index in [-0.39, 0.29) is 30.3 Å². The van der Waals surface area contributed by atoms with Gasteiger partial charge in [-0.3, -0.25) is 14.9 Å². The molecule has 1 atom stereocenters. The minimum absolute atomic E-state index is 0.00854. The topological polar surface area (TPSA) is 102 Å². The van der Waals surface area contributed by atoms with Crippen molar-refractivity contribution in [2.45, 2.75) is 83.3 Å². The van der Waals surface area contributed by atoms with Crippen LogP contribution in [-0.2, 0) is 29.0 Å². The molecular formula is C33H45ClN6O3S. The van der Waals surface area contributed by atoms with Crippen LogP contribution >= 0.6 is 22.9 Å². The summed E-state index contributed by atoms with van der Waals surface area (Å²) in [7, 11) is 0. The summed E-state index contributed by atoms with van der Waals surface area (Å²) in [5, 5.41) is 6.45. The highest BCUT2D eigenvalue weighted by Gasteiger charge is 2.36. The SMILES string of the molecule is CCc1cc(C[C@@H](CC(=O)N2CCC(N3Cc4ccsc4NC3=O)CC2)C(=O)N2CCC(N3CCCC3)CC2)cc(Cl)c1N. The van der Waals surface area contributed by atoms with Crippen molar-refractivity contribution in [2.75, 3.05) is 50.3 Å². The number of nitrogen functional groups attached to an aromatic ring is 1. The van der Waals surface area contributed by atoms with Crippen molar-refractivity contribution in [3.05, 3.63) is 45.3 Å². The lowest BCUT2D eigenvalue weighted by Crippen LogP contribution is -2.51. The molecule has 3 N–H and O–H groups in total. The molecule has 4 aliphatic rings. The average molecular weight is 641 g/mol. The van der Waals surface area contributed by atoms with Gasteiger partial charge in [0.2, 0.25) is 11.8 Å². The van der Waals surface area contributed by atoms with E-state index in [9.17, 15) is 14.4 Å². The van der Waals surface area contributed by atoms with Gasteiger partial charge < -0.3 is 25.3 Å². The van der Waals surface area contributed by atoms with Crippen molar-refractivity contribution in [1.82, 2.24) is 19.6 Å². The van der Waals surface area contributed by atoms with Crippen molar-refractivity contribution < 1.29 is 14.4 Å². The van der Waals surface area contributed by atoms with E-state index in [0.29, 0.717) is 42.8 Å². The quantitative estimate of drug-likeness (QED) is 0.385. The summed E-state index contributed by atoms with van der Waals surface area (Å²) in [4.78, 5) is 49.0. The maximum atomic E-state index is 14.1. The van der Waals surface area contributed by atoms with E-state index in [1.165, 1.54) is 25.9 Å². The number of hydrogen-bond acceptors (Lipinski definition) is 6. The molecule has 1 aromatic carbocycles. The van der Waals surface area contributed by atoms with Crippen LogP contribution in [0.5, 0.6) is 0 Å². The van der Waals surface area contributed by atoms with Gasteiger partial charge in [-0.2, -0.15) is 0 Å². The summed E-state index contributed by atoms with van der Waals surface area (Å²) >= 11 is 8.04. The molecule has 2 aromatic rings. The highest BCUT2D eigenvalue weighted by atomic mass is 35.5. The van der Waals surface area contributed by atoms with Crippen LogP contribution in [0.4, 0.5) is 15.5 Å². The fraction of sp³-hybridized carbons (Fsp3) is 0.606. The van der Waals surface area contributed by atoms with Crippen molar-refractivity contribution in [2.24, 2.45) is 5.92 Å². The molecule has 0 unspecified atom stereocenters. The number of likely N-dealkylation sites (tertiary alicyclic amines) is 3. The summed E-state index contributed by atoms with van der Waals surface area (Å²) in [6.45, 7) is 7.63. The number of aryl methyl sites for hydroxylation is 1. The van der Waals surface area contributed by atoms with Gasteiger partial charge in [0.05, 0.1) is 23.2 Å². The van der Waals surface area contributed by atoms with Crippen LogP contribution in [-0.4, -0.2) is 88.8 Å². The summed E-state index contributed by atoms with van der Waals surface area (Å²) in [5.74, 6) is -0.386. The van der Waals surface area contributed by atoms with Crippen LogP contribution in [0.15, 0.2) is 23.6 Å². The second-order valence-corrected chi connectivity index (χ2v) is 14.2. The van der Waals surface area contributed by atoms with E-state index >= 15 is 0 Å². The summed E-state index contributed by atoms with van der Waals surface area (Å²) in [6.07, 6.45) is 7.35. The predicted octanol–water partition coefficient (Wildman–Crippen LogP) is 5.22. The first-order chi connectivity index (χ1) is 21.3. The zero-order valence-electron chi connectivity index (χ0n) is 25.7. The third-order valence-corrected chi connectivity index (χ3v) is 11.4. The van der Waals surface area contributed by atoms with E-state index in [1.807, 2.05) is 39.1 Å². The molecular weight excluding hydrogens is 596 g/mol. The number of halogens is 1.